The first-order chi connectivity index (χ1) is 2.71. The number of rotatable bonds is 0. The van der Waals surface area contributed by atoms with E-state index in [-0.39, 0.29) is 0 Å². The molecule has 0 aromatic rings. The van der Waals surface area contributed by atoms with Crippen molar-refractivity contribution in [3.63, 3.8) is 0 Å². The monoisotopic (exact) mass is 152 g/mol. The third-order valence-corrected chi connectivity index (χ3v) is 2.96. The van der Waals surface area contributed by atoms with Gasteiger partial charge in [0.25, 0.3) is 0 Å². The maximum atomic E-state index is 11.6. The molecule has 0 atom stereocenters. The molecule has 0 aromatic carbocycles. The Morgan fingerprint density at radius 3 is 1.67 bits per heavy atom. The first-order valence-electron chi connectivity index (χ1n) is 1.52. The molecule has 0 saturated carbocycles. The van der Waals surface area contributed by atoms with Crippen LogP contribution in [0.2, 0.25) is 0 Å². The third kappa shape index (κ3) is 0.573. The van der Waals surface area contributed by atoms with Crippen LogP contribution in [0.3, 0.4) is 0 Å². The van der Waals surface area contributed by atoms with Crippen molar-refractivity contribution in [2.75, 3.05) is 0 Å². The number of halogens is 2. The average Bonchev–Trinajstić information content (AvgIpc) is 1.32. The van der Waals surface area contributed by atoms with Crippen molar-refractivity contribution in [2.24, 2.45) is 0 Å². The summed E-state index contributed by atoms with van der Waals surface area (Å²) >= 11 is -4.03. The van der Waals surface area contributed by atoms with Crippen LogP contribution in [-0.2, 0) is 0 Å². The molecule has 3 heteroatoms. The van der Waals surface area contributed by atoms with Gasteiger partial charge in [0.2, 0.25) is 0 Å². The first kappa shape index (κ1) is 4.19. The molecule has 0 spiro atoms. The van der Waals surface area contributed by atoms with E-state index in [0.29, 0.717) is 0 Å². The Morgan fingerprint density at radius 1 is 1.33 bits per heavy atom. The van der Waals surface area contributed by atoms with Gasteiger partial charge in [-0.05, 0) is 0 Å². The zero-order valence-corrected chi connectivity index (χ0v) is 4.81. The average molecular weight is 152 g/mol. The second kappa shape index (κ2) is 1.00. The van der Waals surface area contributed by atoms with Crippen LogP contribution in [0.5, 0.6) is 0 Å². The van der Waals surface area contributed by atoms with Gasteiger partial charge in [-0.15, -0.1) is 0 Å². The molecular formula is C3H3AsF2. The molecule has 0 fully saturated rings. The summed E-state index contributed by atoms with van der Waals surface area (Å²) < 4.78 is 23.1. The molecule has 0 nitrogen and oxygen atoms in total. The SMILES string of the molecule is F[As]1(F)=CC=C1. The van der Waals surface area contributed by atoms with E-state index in [1.165, 1.54) is 6.08 Å². The molecule has 0 aliphatic carbocycles. The molecule has 0 saturated heterocycles. The Labute approximate surface area is 37.5 Å². The van der Waals surface area contributed by atoms with Crippen LogP contribution in [0.1, 0.15) is 0 Å². The summed E-state index contributed by atoms with van der Waals surface area (Å²) in [6.45, 7) is 0. The zero-order chi connectivity index (χ0) is 4.62. The Morgan fingerprint density at radius 2 is 1.67 bits per heavy atom. The molecule has 34 valence electrons. The van der Waals surface area contributed by atoms with Gasteiger partial charge in [-0.2, -0.15) is 0 Å². The van der Waals surface area contributed by atoms with E-state index < -0.39 is 14.0 Å². The number of allylic oxidation sites excluding steroid dienone is 1. The van der Waals surface area contributed by atoms with Gasteiger partial charge in [0.1, 0.15) is 0 Å². The van der Waals surface area contributed by atoms with Crippen molar-refractivity contribution in [1.82, 2.24) is 0 Å². The molecular weight excluding hydrogens is 149 g/mol. The number of hydrogen-bond acceptors (Lipinski definition) is 0. The van der Waals surface area contributed by atoms with E-state index in [0.717, 1.165) is 9.67 Å². The standard InChI is InChI=1S/C3H3AsF2/c5-4(6)2-1-3-4/h1-3H. The van der Waals surface area contributed by atoms with Crippen LogP contribution in [-0.4, -0.2) is 18.9 Å². The van der Waals surface area contributed by atoms with Crippen LogP contribution >= 0.6 is 0 Å². The summed E-state index contributed by atoms with van der Waals surface area (Å²) in [4.78, 5) is 2.05. The van der Waals surface area contributed by atoms with E-state index >= 15 is 0 Å². The Hall–Kier alpha value is 0.0284. The minimum atomic E-state index is -4.03. The Kier molecular flexibility index (Phi) is 0.700. The Bertz CT molecular complexity index is 130. The van der Waals surface area contributed by atoms with Crippen molar-refractivity contribution in [2.45, 2.75) is 0 Å². The predicted octanol–water partition coefficient (Wildman–Crippen LogP) is 0.861. The van der Waals surface area contributed by atoms with Crippen LogP contribution < -0.4 is 0 Å². The summed E-state index contributed by atoms with van der Waals surface area (Å²) in [5, 5.41) is 0. The van der Waals surface area contributed by atoms with Gasteiger partial charge in [0.05, 0.1) is 0 Å². The van der Waals surface area contributed by atoms with E-state index in [1.54, 1.807) is 0 Å². The van der Waals surface area contributed by atoms with Crippen molar-refractivity contribution in [1.29, 1.82) is 0 Å². The molecule has 1 aliphatic rings. The molecule has 1 heterocycles. The molecule has 0 amide bonds. The molecule has 1 rings (SSSR count). The first-order valence-corrected chi connectivity index (χ1v) is 5.11. The van der Waals surface area contributed by atoms with E-state index in [9.17, 15) is 6.93 Å². The second-order valence-electron chi connectivity index (χ2n) is 1.09. The van der Waals surface area contributed by atoms with Crippen molar-refractivity contribution in [3.8, 4) is 0 Å². The zero-order valence-electron chi connectivity index (χ0n) is 2.94. The predicted molar refractivity (Wildman–Crippen MR) is 23.2 cm³/mol. The Balaban J connectivity index is 2.78. The van der Waals surface area contributed by atoms with Gasteiger partial charge in [0, 0.05) is 0 Å². The van der Waals surface area contributed by atoms with Crippen LogP contribution in [0.4, 0.5) is 6.93 Å². The molecule has 0 radical (unpaired) electrons. The normalized spacial score (nSPS) is 25.0. The van der Waals surface area contributed by atoms with Crippen molar-refractivity contribution >= 4 is 18.9 Å². The fourth-order valence-electron chi connectivity index (χ4n) is 0.216. The van der Waals surface area contributed by atoms with Gasteiger partial charge in [-0.1, -0.05) is 0 Å². The van der Waals surface area contributed by atoms with Gasteiger partial charge in [0.15, 0.2) is 0 Å². The molecule has 0 N–H and O–H groups in total. The van der Waals surface area contributed by atoms with E-state index in [2.05, 4.69) is 0 Å². The van der Waals surface area contributed by atoms with Gasteiger partial charge < -0.3 is 0 Å². The molecule has 6 heavy (non-hydrogen) atoms. The summed E-state index contributed by atoms with van der Waals surface area (Å²) in [6, 6.07) is 0. The summed E-state index contributed by atoms with van der Waals surface area (Å²) in [7, 11) is 0. The molecule has 0 aromatic heterocycles. The minimum absolute atomic E-state index is 1.03. The van der Waals surface area contributed by atoms with Crippen molar-refractivity contribution in [3.05, 3.63) is 10.9 Å². The quantitative estimate of drug-likeness (QED) is 0.451. The molecule has 0 unspecified atom stereocenters. The third-order valence-electron chi connectivity index (χ3n) is 0.570. The van der Waals surface area contributed by atoms with Crippen LogP contribution in [0, 0.1) is 0 Å². The fourth-order valence-corrected chi connectivity index (χ4v) is 1.12. The van der Waals surface area contributed by atoms with Crippen LogP contribution in [0.15, 0.2) is 10.9 Å². The van der Waals surface area contributed by atoms with Crippen molar-refractivity contribution < 1.29 is 6.93 Å². The molecule has 0 bridgehead atoms. The molecule has 1 aliphatic heterocycles. The van der Waals surface area contributed by atoms with E-state index in [1.807, 2.05) is 0 Å². The van der Waals surface area contributed by atoms with Crippen LogP contribution in [0.25, 0.3) is 0 Å². The summed E-state index contributed by atoms with van der Waals surface area (Å²) in [5.74, 6) is 0. The number of hydrogen-bond donors (Lipinski definition) is 0. The topological polar surface area (TPSA) is 0 Å². The second-order valence-corrected chi connectivity index (χ2v) is 4.88. The maximum absolute atomic E-state index is 11.6. The van der Waals surface area contributed by atoms with Gasteiger partial charge in [-0.25, -0.2) is 0 Å². The summed E-state index contributed by atoms with van der Waals surface area (Å²) in [6.07, 6.45) is 1.41. The fraction of sp³-hybridized carbons (Fsp3) is 0. The summed E-state index contributed by atoms with van der Waals surface area (Å²) in [5.41, 5.74) is 0. The van der Waals surface area contributed by atoms with Gasteiger partial charge >= 0.3 is 36.7 Å². The van der Waals surface area contributed by atoms with Gasteiger partial charge in [-0.3, -0.25) is 0 Å². The van der Waals surface area contributed by atoms with E-state index in [4.69, 9.17) is 0 Å².